The highest BCUT2D eigenvalue weighted by Gasteiger charge is 2.18. The molecule has 5 rings (SSSR count). The zero-order valence-electron chi connectivity index (χ0n) is 15.8. The number of aryl methyl sites for hydroxylation is 1. The zero-order chi connectivity index (χ0) is 19.8. The highest BCUT2D eigenvalue weighted by molar-refractivity contribution is 5.78. The smallest absolute Gasteiger partial charge is 0.213 e. The molecule has 0 aromatic carbocycles. The molecule has 0 aliphatic heterocycles. The molecule has 7 nitrogen and oxygen atoms in total. The summed E-state index contributed by atoms with van der Waals surface area (Å²) in [6.07, 6.45) is 13.1. The number of nitrogens with zero attached hydrogens (tertiary/aromatic N) is 7. The standard InChI is InChI=1S/C21H18FN7/c1-2-5-15-17(24-13-29-19(14-6-3-7-14)26-27-20(15)29)12-28-11-10-23-21(28)16-8-4-9-18(22)25-16/h3-4,6-11,13H,2,5,12H2,1H3. The highest BCUT2D eigenvalue weighted by atomic mass is 19.1. The summed E-state index contributed by atoms with van der Waals surface area (Å²) in [5.74, 6) is 0.866. The van der Waals surface area contributed by atoms with Gasteiger partial charge in [-0.3, -0.25) is 4.40 Å². The molecule has 4 heterocycles. The SMILES string of the molecule is CCCc1c(Cn2ccnc2-c2cccc(F)n2)ncn2c(C3=CC=C3)nnc12. The Hall–Kier alpha value is -3.68. The van der Waals surface area contributed by atoms with Gasteiger partial charge in [0, 0.05) is 23.5 Å². The molecular formula is C21H18FN7. The Kier molecular flexibility index (Phi) is 4.23. The van der Waals surface area contributed by atoms with Crippen molar-refractivity contribution in [3.63, 3.8) is 0 Å². The van der Waals surface area contributed by atoms with Crippen molar-refractivity contribution in [3.05, 3.63) is 78.2 Å². The predicted molar refractivity (Wildman–Crippen MR) is 106 cm³/mol. The van der Waals surface area contributed by atoms with Gasteiger partial charge in [0.05, 0.1) is 12.2 Å². The van der Waals surface area contributed by atoms with Crippen LogP contribution in [0.3, 0.4) is 0 Å². The first kappa shape index (κ1) is 17.4. The number of pyridine rings is 1. The van der Waals surface area contributed by atoms with E-state index >= 15 is 0 Å². The molecule has 0 saturated heterocycles. The molecule has 0 saturated carbocycles. The van der Waals surface area contributed by atoms with Gasteiger partial charge < -0.3 is 4.57 Å². The monoisotopic (exact) mass is 387 g/mol. The summed E-state index contributed by atoms with van der Waals surface area (Å²) in [5.41, 5.74) is 4.31. The fraction of sp³-hybridized carbons (Fsp3) is 0.190. The van der Waals surface area contributed by atoms with Gasteiger partial charge >= 0.3 is 0 Å². The van der Waals surface area contributed by atoms with Crippen LogP contribution in [0.25, 0.3) is 22.7 Å². The van der Waals surface area contributed by atoms with Gasteiger partial charge in [0.25, 0.3) is 0 Å². The average molecular weight is 387 g/mol. The molecule has 0 radical (unpaired) electrons. The van der Waals surface area contributed by atoms with Crippen molar-refractivity contribution in [3.8, 4) is 11.5 Å². The first-order valence-corrected chi connectivity index (χ1v) is 9.49. The molecule has 0 fully saturated rings. The first-order valence-electron chi connectivity index (χ1n) is 9.49. The number of fused-ring (bicyclic) bond motifs is 1. The molecular weight excluding hydrogens is 369 g/mol. The lowest BCUT2D eigenvalue weighted by molar-refractivity contribution is 0.584. The quantitative estimate of drug-likeness (QED) is 0.474. The van der Waals surface area contributed by atoms with Gasteiger partial charge in [-0.15, -0.1) is 10.2 Å². The van der Waals surface area contributed by atoms with Crippen molar-refractivity contribution in [1.82, 2.24) is 34.1 Å². The van der Waals surface area contributed by atoms with Crippen molar-refractivity contribution in [1.29, 1.82) is 0 Å². The minimum absolute atomic E-state index is 0.488. The van der Waals surface area contributed by atoms with Crippen molar-refractivity contribution in [2.75, 3.05) is 0 Å². The molecule has 0 N–H and O–H groups in total. The maximum absolute atomic E-state index is 13.6. The number of allylic oxidation sites excluding steroid dienone is 4. The van der Waals surface area contributed by atoms with E-state index < -0.39 is 5.95 Å². The molecule has 1 aliphatic rings. The summed E-state index contributed by atoms with van der Waals surface area (Å²) in [5, 5.41) is 8.79. The minimum Gasteiger partial charge on any atom is -0.324 e. The lowest BCUT2D eigenvalue weighted by Gasteiger charge is -2.13. The van der Waals surface area contributed by atoms with Crippen LogP contribution in [0, 0.1) is 5.95 Å². The Bertz CT molecular complexity index is 1270. The minimum atomic E-state index is -0.529. The van der Waals surface area contributed by atoms with Crippen LogP contribution < -0.4 is 0 Å². The van der Waals surface area contributed by atoms with Crippen LogP contribution in [-0.2, 0) is 13.0 Å². The van der Waals surface area contributed by atoms with Crippen molar-refractivity contribution < 1.29 is 4.39 Å². The third-order valence-electron chi connectivity index (χ3n) is 4.93. The van der Waals surface area contributed by atoms with E-state index in [0.29, 0.717) is 18.1 Å². The molecule has 4 aromatic rings. The van der Waals surface area contributed by atoms with Crippen LogP contribution in [0.2, 0.25) is 0 Å². The number of rotatable bonds is 6. The van der Waals surface area contributed by atoms with Crippen LogP contribution in [0.5, 0.6) is 0 Å². The third kappa shape index (κ3) is 3.02. The molecule has 144 valence electrons. The Morgan fingerprint density at radius 3 is 2.76 bits per heavy atom. The summed E-state index contributed by atoms with van der Waals surface area (Å²) in [6.45, 7) is 2.62. The van der Waals surface area contributed by atoms with Gasteiger partial charge in [-0.05, 0) is 18.6 Å². The van der Waals surface area contributed by atoms with Gasteiger partial charge in [-0.25, -0.2) is 15.0 Å². The van der Waals surface area contributed by atoms with Gasteiger partial charge in [0.15, 0.2) is 17.3 Å². The number of imidazole rings is 1. The van der Waals surface area contributed by atoms with Crippen LogP contribution in [-0.4, -0.2) is 34.1 Å². The number of hydrogen-bond donors (Lipinski definition) is 0. The van der Waals surface area contributed by atoms with Crippen molar-refractivity contribution in [2.45, 2.75) is 26.3 Å². The van der Waals surface area contributed by atoms with E-state index in [-0.39, 0.29) is 0 Å². The zero-order valence-corrected chi connectivity index (χ0v) is 15.8. The van der Waals surface area contributed by atoms with Gasteiger partial charge in [-0.1, -0.05) is 37.6 Å². The summed E-state index contributed by atoms with van der Waals surface area (Å²) in [6, 6.07) is 4.70. The highest BCUT2D eigenvalue weighted by Crippen LogP contribution is 2.24. The largest absolute Gasteiger partial charge is 0.324 e. The second-order valence-corrected chi connectivity index (χ2v) is 6.84. The molecule has 8 heteroatoms. The van der Waals surface area contributed by atoms with Gasteiger partial charge in [0.1, 0.15) is 12.0 Å². The van der Waals surface area contributed by atoms with Crippen LogP contribution >= 0.6 is 0 Å². The van der Waals surface area contributed by atoms with Crippen LogP contribution in [0.15, 0.2) is 55.1 Å². The molecule has 0 unspecified atom stereocenters. The van der Waals surface area contributed by atoms with Gasteiger partial charge in [-0.2, -0.15) is 4.39 Å². The predicted octanol–water partition coefficient (Wildman–Crippen LogP) is 3.48. The summed E-state index contributed by atoms with van der Waals surface area (Å²) < 4.78 is 17.4. The summed E-state index contributed by atoms with van der Waals surface area (Å²) >= 11 is 0. The Morgan fingerprint density at radius 1 is 1.10 bits per heavy atom. The molecule has 0 spiro atoms. The van der Waals surface area contributed by atoms with E-state index in [0.717, 1.165) is 41.1 Å². The molecule has 4 aromatic heterocycles. The fourth-order valence-corrected chi connectivity index (χ4v) is 3.49. The molecule has 0 atom stereocenters. The van der Waals surface area contributed by atoms with Crippen LogP contribution in [0.1, 0.15) is 30.4 Å². The maximum atomic E-state index is 13.6. The average Bonchev–Trinajstić information content (AvgIpc) is 3.30. The number of hydrogen-bond acceptors (Lipinski definition) is 5. The maximum Gasteiger partial charge on any atom is 0.213 e. The van der Waals surface area contributed by atoms with E-state index in [1.165, 1.54) is 6.07 Å². The lowest BCUT2D eigenvalue weighted by atomic mass is 10.1. The second kappa shape index (κ2) is 7.05. The van der Waals surface area contributed by atoms with E-state index in [1.54, 1.807) is 24.7 Å². The van der Waals surface area contributed by atoms with Crippen molar-refractivity contribution >= 4 is 11.2 Å². The molecule has 0 amide bonds. The summed E-state index contributed by atoms with van der Waals surface area (Å²) in [7, 11) is 0. The van der Waals surface area contributed by atoms with Gasteiger partial charge in [0.2, 0.25) is 5.95 Å². The lowest BCUT2D eigenvalue weighted by Crippen LogP contribution is -2.10. The number of aromatic nitrogens is 7. The summed E-state index contributed by atoms with van der Waals surface area (Å²) in [4.78, 5) is 13.0. The number of halogens is 1. The van der Waals surface area contributed by atoms with E-state index in [2.05, 4.69) is 27.1 Å². The normalized spacial score (nSPS) is 13.0. The fourth-order valence-electron chi connectivity index (χ4n) is 3.49. The Labute approximate surface area is 166 Å². The molecule has 29 heavy (non-hydrogen) atoms. The van der Waals surface area contributed by atoms with E-state index in [4.69, 9.17) is 4.98 Å². The van der Waals surface area contributed by atoms with Crippen LogP contribution in [0.4, 0.5) is 4.39 Å². The van der Waals surface area contributed by atoms with Crippen molar-refractivity contribution in [2.24, 2.45) is 0 Å². The topological polar surface area (TPSA) is 73.8 Å². The first-order chi connectivity index (χ1) is 14.2. The second-order valence-electron chi connectivity index (χ2n) is 6.84. The Balaban J connectivity index is 1.56. The van der Waals surface area contributed by atoms with E-state index in [9.17, 15) is 4.39 Å². The molecule has 0 bridgehead atoms. The van der Waals surface area contributed by atoms with E-state index in [1.807, 2.05) is 33.4 Å². The molecule has 1 aliphatic carbocycles. The third-order valence-corrected chi connectivity index (χ3v) is 4.93. The Morgan fingerprint density at radius 2 is 2.00 bits per heavy atom.